The average molecular weight is 181 g/mol. The molecule has 0 aromatic rings. The SMILES string of the molecule is CC(N)(C1CCCC1)C(F)(F)F. The summed E-state index contributed by atoms with van der Waals surface area (Å²) < 4.78 is 37.1. The third-order valence-electron chi connectivity index (χ3n) is 2.81. The predicted octanol–water partition coefficient (Wildman–Crippen LogP) is 2.46. The Morgan fingerprint density at radius 1 is 1.17 bits per heavy atom. The van der Waals surface area contributed by atoms with Gasteiger partial charge >= 0.3 is 6.18 Å². The number of alkyl halides is 3. The zero-order valence-corrected chi connectivity index (χ0v) is 7.12. The molecule has 1 saturated carbocycles. The molecule has 4 heteroatoms. The van der Waals surface area contributed by atoms with Gasteiger partial charge in [-0.05, 0) is 25.7 Å². The van der Waals surface area contributed by atoms with E-state index in [-0.39, 0.29) is 5.92 Å². The molecule has 0 saturated heterocycles. The van der Waals surface area contributed by atoms with Crippen LogP contribution in [0.5, 0.6) is 0 Å². The fraction of sp³-hybridized carbons (Fsp3) is 1.00. The van der Waals surface area contributed by atoms with E-state index in [0.717, 1.165) is 19.8 Å². The summed E-state index contributed by atoms with van der Waals surface area (Å²) in [5, 5.41) is 0. The normalized spacial score (nSPS) is 25.8. The van der Waals surface area contributed by atoms with Crippen molar-refractivity contribution in [3.63, 3.8) is 0 Å². The van der Waals surface area contributed by atoms with Crippen LogP contribution in [0.25, 0.3) is 0 Å². The zero-order chi connectivity index (χ0) is 9.41. The largest absolute Gasteiger partial charge is 0.406 e. The quantitative estimate of drug-likeness (QED) is 0.660. The molecular weight excluding hydrogens is 167 g/mol. The van der Waals surface area contributed by atoms with Crippen LogP contribution in [0.3, 0.4) is 0 Å². The fourth-order valence-electron chi connectivity index (χ4n) is 1.76. The number of hydrogen-bond acceptors (Lipinski definition) is 1. The minimum atomic E-state index is -4.26. The molecule has 1 nitrogen and oxygen atoms in total. The standard InChI is InChI=1S/C8H14F3N/c1-7(12,8(9,10)11)6-4-2-3-5-6/h6H,2-5,12H2,1H3. The van der Waals surface area contributed by atoms with Crippen LogP contribution in [0.15, 0.2) is 0 Å². The first-order chi connectivity index (χ1) is 5.36. The van der Waals surface area contributed by atoms with Crippen molar-refractivity contribution in [2.24, 2.45) is 11.7 Å². The lowest BCUT2D eigenvalue weighted by Gasteiger charge is -2.33. The molecule has 0 aromatic carbocycles. The van der Waals surface area contributed by atoms with Gasteiger partial charge in [0.05, 0.1) is 0 Å². The second kappa shape index (κ2) is 2.91. The molecule has 0 heterocycles. The van der Waals surface area contributed by atoms with Crippen LogP contribution < -0.4 is 5.73 Å². The van der Waals surface area contributed by atoms with Gasteiger partial charge in [0.1, 0.15) is 5.54 Å². The van der Waals surface area contributed by atoms with E-state index in [1.54, 1.807) is 0 Å². The summed E-state index contributed by atoms with van der Waals surface area (Å²) >= 11 is 0. The second-order valence-electron chi connectivity index (χ2n) is 3.76. The Balaban J connectivity index is 2.69. The van der Waals surface area contributed by atoms with Gasteiger partial charge in [-0.2, -0.15) is 13.2 Å². The molecule has 0 aliphatic heterocycles. The van der Waals surface area contributed by atoms with Gasteiger partial charge in [0.25, 0.3) is 0 Å². The van der Waals surface area contributed by atoms with Crippen molar-refractivity contribution in [3.05, 3.63) is 0 Å². The van der Waals surface area contributed by atoms with E-state index in [4.69, 9.17) is 5.73 Å². The summed E-state index contributed by atoms with van der Waals surface area (Å²) in [6, 6.07) is 0. The number of nitrogens with two attached hydrogens (primary N) is 1. The van der Waals surface area contributed by atoms with Gasteiger partial charge in [0.15, 0.2) is 0 Å². The van der Waals surface area contributed by atoms with Crippen LogP contribution in [-0.2, 0) is 0 Å². The molecule has 1 rings (SSSR count). The van der Waals surface area contributed by atoms with Gasteiger partial charge in [-0.3, -0.25) is 0 Å². The van der Waals surface area contributed by atoms with E-state index in [1.165, 1.54) is 0 Å². The maximum Gasteiger partial charge on any atom is 0.406 e. The van der Waals surface area contributed by atoms with E-state index >= 15 is 0 Å². The first kappa shape index (κ1) is 9.84. The third kappa shape index (κ3) is 1.58. The highest BCUT2D eigenvalue weighted by molar-refractivity contribution is 4.95. The molecule has 1 unspecified atom stereocenters. The smallest absolute Gasteiger partial charge is 0.318 e. The van der Waals surface area contributed by atoms with Crippen molar-refractivity contribution in [2.45, 2.75) is 44.3 Å². The van der Waals surface area contributed by atoms with Gasteiger partial charge in [-0.15, -0.1) is 0 Å². The van der Waals surface area contributed by atoms with Gasteiger partial charge in [0, 0.05) is 0 Å². The van der Waals surface area contributed by atoms with Crippen molar-refractivity contribution in [1.29, 1.82) is 0 Å². The molecule has 1 aliphatic rings. The third-order valence-corrected chi connectivity index (χ3v) is 2.81. The van der Waals surface area contributed by atoms with Crippen molar-refractivity contribution in [1.82, 2.24) is 0 Å². The fourth-order valence-corrected chi connectivity index (χ4v) is 1.76. The summed E-state index contributed by atoms with van der Waals surface area (Å²) in [7, 11) is 0. The molecular formula is C8H14F3N. The van der Waals surface area contributed by atoms with Crippen molar-refractivity contribution in [2.75, 3.05) is 0 Å². The molecule has 0 spiro atoms. The Morgan fingerprint density at radius 3 is 1.92 bits per heavy atom. The number of halogens is 3. The molecule has 1 aliphatic carbocycles. The Morgan fingerprint density at radius 2 is 1.58 bits per heavy atom. The van der Waals surface area contributed by atoms with E-state index in [9.17, 15) is 13.2 Å². The minimum Gasteiger partial charge on any atom is -0.318 e. The van der Waals surface area contributed by atoms with E-state index in [2.05, 4.69) is 0 Å². The lowest BCUT2D eigenvalue weighted by atomic mass is 9.85. The summed E-state index contributed by atoms with van der Waals surface area (Å²) in [4.78, 5) is 0. The molecule has 0 aromatic heterocycles. The predicted molar refractivity (Wildman–Crippen MR) is 40.6 cm³/mol. The highest BCUT2D eigenvalue weighted by Crippen LogP contribution is 2.41. The van der Waals surface area contributed by atoms with E-state index in [1.807, 2.05) is 0 Å². The Hall–Kier alpha value is -0.250. The lowest BCUT2D eigenvalue weighted by molar-refractivity contribution is -0.195. The molecule has 0 radical (unpaired) electrons. The van der Waals surface area contributed by atoms with E-state index in [0.29, 0.717) is 12.8 Å². The summed E-state index contributed by atoms with van der Waals surface area (Å²) in [6.45, 7) is 1.10. The maximum atomic E-state index is 12.4. The van der Waals surface area contributed by atoms with Crippen LogP contribution >= 0.6 is 0 Å². The topological polar surface area (TPSA) is 26.0 Å². The Bertz CT molecular complexity index is 156. The lowest BCUT2D eigenvalue weighted by Crippen LogP contribution is -2.55. The highest BCUT2D eigenvalue weighted by Gasteiger charge is 2.53. The maximum absolute atomic E-state index is 12.4. The molecule has 0 bridgehead atoms. The Kier molecular flexibility index (Phi) is 2.38. The first-order valence-electron chi connectivity index (χ1n) is 4.21. The van der Waals surface area contributed by atoms with Crippen molar-refractivity contribution in [3.8, 4) is 0 Å². The second-order valence-corrected chi connectivity index (χ2v) is 3.76. The molecule has 1 atom stereocenters. The van der Waals surface area contributed by atoms with Crippen LogP contribution in [-0.4, -0.2) is 11.7 Å². The molecule has 72 valence electrons. The van der Waals surface area contributed by atoms with Gasteiger partial charge in [-0.25, -0.2) is 0 Å². The molecule has 12 heavy (non-hydrogen) atoms. The Labute approximate surface area is 70.1 Å². The minimum absolute atomic E-state index is 0.377. The highest BCUT2D eigenvalue weighted by atomic mass is 19.4. The van der Waals surface area contributed by atoms with Gasteiger partial charge in [0.2, 0.25) is 0 Å². The summed E-state index contributed by atoms with van der Waals surface area (Å²) in [5.74, 6) is -0.377. The van der Waals surface area contributed by atoms with Crippen LogP contribution in [0.2, 0.25) is 0 Å². The van der Waals surface area contributed by atoms with Crippen molar-refractivity contribution >= 4 is 0 Å². The van der Waals surface area contributed by atoms with Gasteiger partial charge in [-0.1, -0.05) is 12.8 Å². The van der Waals surface area contributed by atoms with Crippen LogP contribution in [0, 0.1) is 5.92 Å². The molecule has 0 amide bonds. The summed E-state index contributed by atoms with van der Waals surface area (Å²) in [5.41, 5.74) is 3.29. The van der Waals surface area contributed by atoms with Crippen molar-refractivity contribution < 1.29 is 13.2 Å². The average Bonchev–Trinajstić information content (AvgIpc) is 2.34. The van der Waals surface area contributed by atoms with E-state index < -0.39 is 11.7 Å². The number of hydrogen-bond donors (Lipinski definition) is 1. The number of rotatable bonds is 1. The first-order valence-corrected chi connectivity index (χ1v) is 4.21. The zero-order valence-electron chi connectivity index (χ0n) is 7.12. The van der Waals surface area contributed by atoms with Crippen LogP contribution in [0.4, 0.5) is 13.2 Å². The monoisotopic (exact) mass is 181 g/mol. The summed E-state index contributed by atoms with van der Waals surface area (Å²) in [6.07, 6.45) is -1.26. The molecule has 2 N–H and O–H groups in total. The van der Waals surface area contributed by atoms with Gasteiger partial charge < -0.3 is 5.73 Å². The van der Waals surface area contributed by atoms with Crippen LogP contribution in [0.1, 0.15) is 32.6 Å². The molecule has 1 fully saturated rings.